The second-order valence-corrected chi connectivity index (χ2v) is 2.98. The number of anilines is 1. The highest BCUT2D eigenvalue weighted by Crippen LogP contribution is 2.23. The van der Waals surface area contributed by atoms with E-state index < -0.39 is 0 Å². The molecule has 2 rings (SSSR count). The second-order valence-electron chi connectivity index (χ2n) is 2.98. The lowest BCUT2D eigenvalue weighted by Gasteiger charge is -2.05. The first-order valence-electron chi connectivity index (χ1n) is 4.26. The van der Waals surface area contributed by atoms with E-state index in [-0.39, 0.29) is 0 Å². The number of aromatic nitrogens is 3. The van der Waals surface area contributed by atoms with Crippen molar-refractivity contribution in [2.24, 2.45) is 0 Å². The van der Waals surface area contributed by atoms with Crippen molar-refractivity contribution in [1.82, 2.24) is 15.0 Å². The predicted molar refractivity (Wildman–Crippen MR) is 54.4 cm³/mol. The Balaban J connectivity index is 2.61. The van der Waals surface area contributed by atoms with Gasteiger partial charge in [0.25, 0.3) is 0 Å². The molecule has 0 unspecified atom stereocenters. The van der Waals surface area contributed by atoms with Gasteiger partial charge >= 0.3 is 0 Å². The Morgan fingerprint density at radius 1 is 1.14 bits per heavy atom. The fourth-order valence-electron chi connectivity index (χ4n) is 1.27. The molecule has 0 aromatic carbocycles. The van der Waals surface area contributed by atoms with Gasteiger partial charge in [-0.2, -0.15) is 0 Å². The van der Waals surface area contributed by atoms with Crippen LogP contribution < -0.4 is 5.73 Å². The van der Waals surface area contributed by atoms with Crippen LogP contribution in [0.15, 0.2) is 30.9 Å². The van der Waals surface area contributed by atoms with Gasteiger partial charge in [-0.25, -0.2) is 4.98 Å². The lowest BCUT2D eigenvalue weighted by molar-refractivity contribution is 1.19. The molecule has 2 aromatic rings. The molecule has 0 radical (unpaired) electrons. The lowest BCUT2D eigenvalue weighted by atomic mass is 10.1. The highest BCUT2D eigenvalue weighted by atomic mass is 14.9. The van der Waals surface area contributed by atoms with E-state index in [9.17, 15) is 0 Å². The maximum absolute atomic E-state index is 5.72. The summed E-state index contributed by atoms with van der Waals surface area (Å²) in [5, 5.41) is 0. The smallest absolute Gasteiger partial charge is 0.150 e. The van der Waals surface area contributed by atoms with E-state index in [1.54, 1.807) is 24.8 Å². The number of nitrogens with zero attached hydrogens (tertiary/aromatic N) is 3. The summed E-state index contributed by atoms with van der Waals surface area (Å²) in [6.07, 6.45) is 6.68. The van der Waals surface area contributed by atoms with Crippen molar-refractivity contribution in [3.63, 3.8) is 0 Å². The Morgan fingerprint density at radius 2 is 1.93 bits per heavy atom. The molecule has 0 aliphatic carbocycles. The topological polar surface area (TPSA) is 64.7 Å². The SMILES string of the molecule is Cc1ccncc1-c1nccnc1N. The summed E-state index contributed by atoms with van der Waals surface area (Å²) in [5.74, 6) is 0.434. The zero-order valence-corrected chi connectivity index (χ0v) is 7.81. The van der Waals surface area contributed by atoms with Crippen molar-refractivity contribution in [2.45, 2.75) is 6.92 Å². The molecule has 70 valence electrons. The normalized spacial score (nSPS) is 10.1. The quantitative estimate of drug-likeness (QED) is 0.731. The van der Waals surface area contributed by atoms with Gasteiger partial charge in [-0.15, -0.1) is 0 Å². The second kappa shape index (κ2) is 3.41. The fraction of sp³-hybridized carbons (Fsp3) is 0.100. The van der Waals surface area contributed by atoms with Crippen LogP contribution in [-0.4, -0.2) is 15.0 Å². The van der Waals surface area contributed by atoms with Crippen molar-refractivity contribution < 1.29 is 0 Å². The molecular formula is C10H10N4. The maximum Gasteiger partial charge on any atom is 0.150 e. The van der Waals surface area contributed by atoms with E-state index in [2.05, 4.69) is 15.0 Å². The first-order valence-corrected chi connectivity index (χ1v) is 4.26. The van der Waals surface area contributed by atoms with E-state index in [1.807, 2.05) is 13.0 Å². The summed E-state index contributed by atoms with van der Waals surface area (Å²) in [7, 11) is 0. The monoisotopic (exact) mass is 186 g/mol. The van der Waals surface area contributed by atoms with Gasteiger partial charge < -0.3 is 5.73 Å². The molecule has 0 fully saturated rings. The molecule has 4 heteroatoms. The molecule has 0 saturated carbocycles. The summed E-state index contributed by atoms with van der Waals surface area (Å²) in [6, 6.07) is 1.92. The molecule has 2 aromatic heterocycles. The molecule has 0 spiro atoms. The van der Waals surface area contributed by atoms with Crippen LogP contribution in [0.5, 0.6) is 0 Å². The highest BCUT2D eigenvalue weighted by molar-refractivity contribution is 5.71. The Kier molecular flexibility index (Phi) is 2.10. The van der Waals surface area contributed by atoms with Crippen LogP contribution >= 0.6 is 0 Å². The largest absolute Gasteiger partial charge is 0.382 e. The van der Waals surface area contributed by atoms with E-state index in [1.165, 1.54) is 0 Å². The van der Waals surface area contributed by atoms with E-state index >= 15 is 0 Å². The highest BCUT2D eigenvalue weighted by Gasteiger charge is 2.06. The van der Waals surface area contributed by atoms with Crippen LogP contribution in [0.4, 0.5) is 5.82 Å². The van der Waals surface area contributed by atoms with Crippen molar-refractivity contribution >= 4 is 5.82 Å². The maximum atomic E-state index is 5.72. The van der Waals surface area contributed by atoms with Gasteiger partial charge in [0.05, 0.1) is 0 Å². The molecular weight excluding hydrogens is 176 g/mol. The van der Waals surface area contributed by atoms with Crippen molar-refractivity contribution in [2.75, 3.05) is 5.73 Å². The summed E-state index contributed by atoms with van der Waals surface area (Å²) >= 11 is 0. The van der Waals surface area contributed by atoms with Gasteiger partial charge in [-0.1, -0.05) is 0 Å². The van der Waals surface area contributed by atoms with Gasteiger partial charge in [0.15, 0.2) is 0 Å². The Labute approximate surface area is 81.9 Å². The summed E-state index contributed by atoms with van der Waals surface area (Å²) < 4.78 is 0. The van der Waals surface area contributed by atoms with Crippen molar-refractivity contribution in [3.8, 4) is 11.3 Å². The van der Waals surface area contributed by atoms with Crippen LogP contribution in [0.1, 0.15) is 5.56 Å². The number of nitrogens with two attached hydrogens (primary N) is 1. The molecule has 0 aliphatic heterocycles. The number of aryl methyl sites for hydroxylation is 1. The standard InChI is InChI=1S/C10H10N4/c1-7-2-3-12-6-8(7)9-10(11)14-5-4-13-9/h2-6H,1H3,(H2,11,14). The van der Waals surface area contributed by atoms with Crippen LogP contribution in [0.25, 0.3) is 11.3 Å². The molecule has 2 N–H and O–H groups in total. The lowest BCUT2D eigenvalue weighted by Crippen LogP contribution is -1.97. The Morgan fingerprint density at radius 3 is 2.64 bits per heavy atom. The van der Waals surface area contributed by atoms with Crippen LogP contribution in [-0.2, 0) is 0 Å². The van der Waals surface area contributed by atoms with Gasteiger partial charge in [0.1, 0.15) is 11.5 Å². The third-order valence-electron chi connectivity index (χ3n) is 2.02. The summed E-state index contributed by atoms with van der Waals surface area (Å²) in [6.45, 7) is 1.99. The molecule has 2 heterocycles. The summed E-state index contributed by atoms with van der Waals surface area (Å²) in [4.78, 5) is 12.2. The van der Waals surface area contributed by atoms with Gasteiger partial charge in [-0.3, -0.25) is 9.97 Å². The van der Waals surface area contributed by atoms with E-state index in [4.69, 9.17) is 5.73 Å². The molecule has 0 amide bonds. The van der Waals surface area contributed by atoms with Crippen LogP contribution in [0, 0.1) is 6.92 Å². The minimum atomic E-state index is 0.434. The minimum absolute atomic E-state index is 0.434. The molecule has 14 heavy (non-hydrogen) atoms. The van der Waals surface area contributed by atoms with E-state index in [0.717, 1.165) is 11.1 Å². The zero-order chi connectivity index (χ0) is 9.97. The summed E-state index contributed by atoms with van der Waals surface area (Å²) in [5.41, 5.74) is 8.43. The minimum Gasteiger partial charge on any atom is -0.382 e. The first-order chi connectivity index (χ1) is 6.79. The third kappa shape index (κ3) is 1.42. The number of hydrogen-bond acceptors (Lipinski definition) is 4. The third-order valence-corrected chi connectivity index (χ3v) is 2.02. The Hall–Kier alpha value is -1.97. The zero-order valence-electron chi connectivity index (χ0n) is 7.81. The average Bonchev–Trinajstić information content (AvgIpc) is 2.20. The number of hydrogen-bond donors (Lipinski definition) is 1. The first kappa shape index (κ1) is 8.62. The number of rotatable bonds is 1. The van der Waals surface area contributed by atoms with Crippen LogP contribution in [0.3, 0.4) is 0 Å². The molecule has 0 atom stereocenters. The molecule has 4 nitrogen and oxygen atoms in total. The molecule has 0 aliphatic rings. The fourth-order valence-corrected chi connectivity index (χ4v) is 1.27. The van der Waals surface area contributed by atoms with Gasteiger partial charge in [-0.05, 0) is 18.6 Å². The molecule has 0 bridgehead atoms. The van der Waals surface area contributed by atoms with Crippen molar-refractivity contribution in [3.05, 3.63) is 36.4 Å². The van der Waals surface area contributed by atoms with Crippen molar-refractivity contribution in [1.29, 1.82) is 0 Å². The van der Waals surface area contributed by atoms with Gasteiger partial charge in [0, 0.05) is 30.4 Å². The molecule has 0 saturated heterocycles. The predicted octanol–water partition coefficient (Wildman–Crippen LogP) is 1.43. The number of nitrogen functional groups attached to an aromatic ring is 1. The van der Waals surface area contributed by atoms with E-state index in [0.29, 0.717) is 11.5 Å². The number of pyridine rings is 1. The van der Waals surface area contributed by atoms with Gasteiger partial charge in [0.2, 0.25) is 0 Å². The van der Waals surface area contributed by atoms with Crippen LogP contribution in [0.2, 0.25) is 0 Å². The average molecular weight is 186 g/mol. The Bertz CT molecular complexity index is 410.